The molecule has 2 rings (SSSR count). The number of benzene rings is 1. The molecular formula is C17H26N2O2S. The maximum atomic E-state index is 12.5. The average Bonchev–Trinajstić information content (AvgIpc) is 2.52. The van der Waals surface area contributed by atoms with E-state index in [9.17, 15) is 4.79 Å². The third kappa shape index (κ3) is 4.24. The minimum Gasteiger partial charge on any atom is -0.370 e. The summed E-state index contributed by atoms with van der Waals surface area (Å²) < 4.78 is 5.89. The Balaban J connectivity index is 2.03. The van der Waals surface area contributed by atoms with Crippen molar-refractivity contribution in [1.82, 2.24) is 4.90 Å². The zero-order valence-electron chi connectivity index (χ0n) is 13.7. The van der Waals surface area contributed by atoms with E-state index < -0.39 is 6.04 Å². The summed E-state index contributed by atoms with van der Waals surface area (Å²) in [6, 6.07) is 5.96. The van der Waals surface area contributed by atoms with Crippen LogP contribution in [0.15, 0.2) is 18.2 Å². The molecule has 2 atom stereocenters. The van der Waals surface area contributed by atoms with E-state index in [2.05, 4.69) is 32.0 Å². The summed E-state index contributed by atoms with van der Waals surface area (Å²) in [6.45, 7) is 5.97. The average molecular weight is 322 g/mol. The van der Waals surface area contributed by atoms with Crippen LogP contribution in [0.25, 0.3) is 0 Å². The van der Waals surface area contributed by atoms with Crippen LogP contribution in [-0.4, -0.2) is 48.6 Å². The molecule has 0 spiro atoms. The van der Waals surface area contributed by atoms with Crippen LogP contribution in [0.4, 0.5) is 0 Å². The lowest BCUT2D eigenvalue weighted by molar-refractivity contribution is -0.140. The van der Waals surface area contributed by atoms with Gasteiger partial charge in [0, 0.05) is 6.54 Å². The van der Waals surface area contributed by atoms with E-state index in [4.69, 9.17) is 10.5 Å². The highest BCUT2D eigenvalue weighted by Crippen LogP contribution is 2.26. The third-order valence-corrected chi connectivity index (χ3v) is 4.74. The number of aryl methyl sites for hydroxylation is 2. The molecule has 0 aromatic heterocycles. The second-order valence-corrected chi connectivity index (χ2v) is 6.88. The molecule has 22 heavy (non-hydrogen) atoms. The maximum Gasteiger partial charge on any atom is 0.239 e. The van der Waals surface area contributed by atoms with Gasteiger partial charge in [0.05, 0.1) is 19.2 Å². The highest BCUT2D eigenvalue weighted by atomic mass is 32.2. The molecule has 1 saturated heterocycles. The van der Waals surface area contributed by atoms with Gasteiger partial charge < -0.3 is 15.4 Å². The number of carbonyl (C=O) groups is 1. The van der Waals surface area contributed by atoms with Crippen molar-refractivity contribution in [2.24, 2.45) is 5.73 Å². The fourth-order valence-electron chi connectivity index (χ4n) is 2.83. The van der Waals surface area contributed by atoms with Gasteiger partial charge in [-0.05, 0) is 43.4 Å². The minimum absolute atomic E-state index is 0.0483. The molecule has 1 heterocycles. The Morgan fingerprint density at radius 1 is 1.50 bits per heavy atom. The fourth-order valence-corrected chi connectivity index (χ4v) is 3.32. The largest absolute Gasteiger partial charge is 0.370 e. The predicted octanol–water partition coefficient (Wildman–Crippen LogP) is 2.28. The number of thioether (sulfide) groups is 1. The van der Waals surface area contributed by atoms with E-state index in [1.165, 1.54) is 16.7 Å². The van der Waals surface area contributed by atoms with Crippen molar-refractivity contribution in [2.45, 2.75) is 32.4 Å². The molecule has 1 aliphatic heterocycles. The van der Waals surface area contributed by atoms with Crippen molar-refractivity contribution in [3.63, 3.8) is 0 Å². The van der Waals surface area contributed by atoms with Crippen LogP contribution in [0.3, 0.4) is 0 Å². The van der Waals surface area contributed by atoms with Gasteiger partial charge in [0.25, 0.3) is 0 Å². The number of nitrogens with zero attached hydrogens (tertiary/aromatic N) is 1. The smallest absolute Gasteiger partial charge is 0.239 e. The second-order valence-electron chi connectivity index (χ2n) is 5.89. The molecule has 1 aromatic carbocycles. The lowest BCUT2D eigenvalue weighted by atomic mass is 9.99. The first-order chi connectivity index (χ1) is 10.5. The number of morpholine rings is 1. The van der Waals surface area contributed by atoms with Crippen LogP contribution in [0.5, 0.6) is 0 Å². The Hall–Kier alpha value is -1.04. The zero-order chi connectivity index (χ0) is 16.1. The SMILES string of the molecule is CSCC[C@H](N)C(=O)N1CCO[C@H](c2ccc(C)cc2C)C1. The molecule has 1 aliphatic rings. The number of hydrogen-bond acceptors (Lipinski definition) is 4. The zero-order valence-corrected chi connectivity index (χ0v) is 14.5. The first kappa shape index (κ1) is 17.3. The van der Waals surface area contributed by atoms with Crippen LogP contribution in [-0.2, 0) is 9.53 Å². The van der Waals surface area contributed by atoms with Crippen LogP contribution in [0, 0.1) is 13.8 Å². The molecular weight excluding hydrogens is 296 g/mol. The number of nitrogens with two attached hydrogens (primary N) is 1. The Kier molecular flexibility index (Phi) is 6.29. The van der Waals surface area contributed by atoms with Gasteiger partial charge in [0.15, 0.2) is 0 Å². The van der Waals surface area contributed by atoms with E-state index >= 15 is 0 Å². The lowest BCUT2D eigenvalue weighted by Gasteiger charge is -2.35. The summed E-state index contributed by atoms with van der Waals surface area (Å²) in [5.74, 6) is 0.963. The number of ether oxygens (including phenoxy) is 1. The minimum atomic E-state index is -0.398. The van der Waals surface area contributed by atoms with E-state index in [1.807, 2.05) is 11.2 Å². The Morgan fingerprint density at radius 2 is 2.27 bits per heavy atom. The molecule has 0 saturated carbocycles. The molecule has 5 heteroatoms. The van der Waals surface area contributed by atoms with Gasteiger partial charge in [-0.2, -0.15) is 11.8 Å². The molecule has 0 bridgehead atoms. The Morgan fingerprint density at radius 3 is 2.95 bits per heavy atom. The molecule has 1 aromatic rings. The molecule has 2 N–H and O–H groups in total. The first-order valence-electron chi connectivity index (χ1n) is 7.75. The van der Waals surface area contributed by atoms with Crippen LogP contribution >= 0.6 is 11.8 Å². The summed E-state index contributed by atoms with van der Waals surface area (Å²) in [4.78, 5) is 14.3. The summed E-state index contributed by atoms with van der Waals surface area (Å²) in [5, 5.41) is 0. The number of rotatable bonds is 5. The Labute approximate surface area is 137 Å². The van der Waals surface area contributed by atoms with Crippen molar-refractivity contribution in [3.05, 3.63) is 34.9 Å². The van der Waals surface area contributed by atoms with Crippen molar-refractivity contribution < 1.29 is 9.53 Å². The number of carbonyl (C=O) groups excluding carboxylic acids is 1. The predicted molar refractivity (Wildman–Crippen MR) is 92.2 cm³/mol. The van der Waals surface area contributed by atoms with Crippen LogP contribution in [0.2, 0.25) is 0 Å². The van der Waals surface area contributed by atoms with E-state index in [0.29, 0.717) is 19.7 Å². The molecule has 4 nitrogen and oxygen atoms in total. The van der Waals surface area contributed by atoms with Gasteiger partial charge in [-0.15, -0.1) is 0 Å². The van der Waals surface area contributed by atoms with E-state index in [1.54, 1.807) is 11.8 Å². The van der Waals surface area contributed by atoms with Gasteiger partial charge >= 0.3 is 0 Å². The summed E-state index contributed by atoms with van der Waals surface area (Å²) in [6.07, 6.45) is 2.71. The Bertz CT molecular complexity index is 521. The van der Waals surface area contributed by atoms with Crippen molar-refractivity contribution in [1.29, 1.82) is 0 Å². The van der Waals surface area contributed by atoms with Crippen molar-refractivity contribution in [3.8, 4) is 0 Å². The number of hydrogen-bond donors (Lipinski definition) is 1. The van der Waals surface area contributed by atoms with Crippen molar-refractivity contribution in [2.75, 3.05) is 31.7 Å². The summed E-state index contributed by atoms with van der Waals surface area (Å²) in [7, 11) is 0. The molecule has 1 amide bonds. The van der Waals surface area contributed by atoms with E-state index in [0.717, 1.165) is 12.2 Å². The summed E-state index contributed by atoms with van der Waals surface area (Å²) >= 11 is 1.72. The summed E-state index contributed by atoms with van der Waals surface area (Å²) in [5.41, 5.74) is 9.64. The van der Waals surface area contributed by atoms with Gasteiger partial charge in [-0.25, -0.2) is 0 Å². The van der Waals surface area contributed by atoms with Gasteiger partial charge in [-0.3, -0.25) is 4.79 Å². The van der Waals surface area contributed by atoms with Crippen molar-refractivity contribution >= 4 is 17.7 Å². The highest BCUT2D eigenvalue weighted by Gasteiger charge is 2.28. The first-order valence-corrected chi connectivity index (χ1v) is 9.14. The standard InChI is InChI=1S/C17H26N2O2S/c1-12-4-5-14(13(2)10-12)16-11-19(7-8-21-16)17(20)15(18)6-9-22-3/h4-5,10,15-16H,6-9,11,18H2,1-3H3/t15-,16-/m0/s1. The highest BCUT2D eigenvalue weighted by molar-refractivity contribution is 7.98. The topological polar surface area (TPSA) is 55.6 Å². The van der Waals surface area contributed by atoms with Gasteiger partial charge in [-0.1, -0.05) is 23.8 Å². The normalized spacial score (nSPS) is 20.0. The molecule has 0 aliphatic carbocycles. The lowest BCUT2D eigenvalue weighted by Crippen LogP contribution is -2.49. The third-order valence-electron chi connectivity index (χ3n) is 4.10. The molecule has 0 radical (unpaired) electrons. The van der Waals surface area contributed by atoms with E-state index in [-0.39, 0.29) is 12.0 Å². The number of amides is 1. The molecule has 1 fully saturated rings. The van der Waals surface area contributed by atoms with Gasteiger partial charge in [0.1, 0.15) is 6.10 Å². The quantitative estimate of drug-likeness (QED) is 0.903. The monoisotopic (exact) mass is 322 g/mol. The maximum absolute atomic E-state index is 12.5. The fraction of sp³-hybridized carbons (Fsp3) is 0.588. The molecule has 122 valence electrons. The van der Waals surface area contributed by atoms with Crippen LogP contribution < -0.4 is 5.73 Å². The molecule has 0 unspecified atom stereocenters. The van der Waals surface area contributed by atoms with Crippen LogP contribution in [0.1, 0.15) is 29.2 Å². The van der Waals surface area contributed by atoms with Gasteiger partial charge in [0.2, 0.25) is 5.91 Å². The second kappa shape index (κ2) is 7.99.